The summed E-state index contributed by atoms with van der Waals surface area (Å²) in [4.78, 5) is 10.6. The first-order valence-corrected chi connectivity index (χ1v) is 5.85. The minimum atomic E-state index is -0.887. The van der Waals surface area contributed by atoms with E-state index in [0.29, 0.717) is 5.92 Å². The van der Waals surface area contributed by atoms with Gasteiger partial charge in [-0.15, -0.1) is 0 Å². The molecule has 0 saturated heterocycles. The number of carbonyl (C=O) groups is 1. The van der Waals surface area contributed by atoms with Crippen molar-refractivity contribution >= 4 is 5.97 Å². The Labute approximate surface area is 100 Å². The van der Waals surface area contributed by atoms with Crippen molar-refractivity contribution in [2.75, 3.05) is 6.61 Å². The van der Waals surface area contributed by atoms with Crippen molar-refractivity contribution in [2.45, 2.75) is 25.3 Å². The van der Waals surface area contributed by atoms with Crippen molar-refractivity contribution in [1.82, 2.24) is 0 Å². The molecule has 2 rings (SSSR count). The number of carboxylic acids is 1. The summed E-state index contributed by atoms with van der Waals surface area (Å²) >= 11 is 0. The Morgan fingerprint density at radius 2 is 2.29 bits per heavy atom. The van der Waals surface area contributed by atoms with E-state index in [4.69, 9.17) is 15.6 Å². The van der Waals surface area contributed by atoms with E-state index in [1.165, 1.54) is 12.8 Å². The predicted octanol–water partition coefficient (Wildman–Crippen LogP) is 1.95. The highest BCUT2D eigenvalue weighted by molar-refractivity contribution is 5.67. The molecule has 0 amide bonds. The topological polar surface area (TPSA) is 72.6 Å². The van der Waals surface area contributed by atoms with Gasteiger partial charge in [0.2, 0.25) is 0 Å². The highest BCUT2D eigenvalue weighted by Crippen LogP contribution is 2.30. The van der Waals surface area contributed by atoms with Crippen molar-refractivity contribution in [3.8, 4) is 5.75 Å². The molecular weight excluding hydrogens is 218 g/mol. The third-order valence-electron chi connectivity index (χ3n) is 2.86. The zero-order valence-electron chi connectivity index (χ0n) is 9.63. The second-order valence-corrected chi connectivity index (χ2v) is 4.53. The first-order chi connectivity index (χ1) is 8.15. The lowest BCUT2D eigenvalue weighted by atomic mass is 10.0. The fraction of sp³-hybridized carbons (Fsp3) is 0.462. The second-order valence-electron chi connectivity index (χ2n) is 4.53. The maximum atomic E-state index is 10.6. The van der Waals surface area contributed by atoms with Gasteiger partial charge in [-0.2, -0.15) is 0 Å². The molecule has 0 bridgehead atoms. The first-order valence-electron chi connectivity index (χ1n) is 5.85. The number of nitrogens with two attached hydrogens (primary N) is 1. The smallest absolute Gasteiger partial charge is 0.305 e. The summed E-state index contributed by atoms with van der Waals surface area (Å²) in [5.74, 6) is 0.586. The van der Waals surface area contributed by atoms with Crippen molar-refractivity contribution in [3.63, 3.8) is 0 Å². The SMILES string of the molecule is NC(CC(=O)O)c1cccc(OCC2CC2)c1. The van der Waals surface area contributed by atoms with Crippen molar-refractivity contribution in [3.05, 3.63) is 29.8 Å². The number of rotatable bonds is 6. The van der Waals surface area contributed by atoms with E-state index in [1.807, 2.05) is 24.3 Å². The first kappa shape index (κ1) is 11.9. The van der Waals surface area contributed by atoms with Crippen molar-refractivity contribution in [2.24, 2.45) is 11.7 Å². The van der Waals surface area contributed by atoms with Crippen molar-refractivity contribution in [1.29, 1.82) is 0 Å². The normalized spacial score (nSPS) is 16.5. The lowest BCUT2D eigenvalue weighted by Crippen LogP contribution is -2.15. The zero-order valence-corrected chi connectivity index (χ0v) is 9.63. The van der Waals surface area contributed by atoms with Crippen LogP contribution in [0.4, 0.5) is 0 Å². The summed E-state index contributed by atoms with van der Waals surface area (Å²) in [6.45, 7) is 0.748. The third-order valence-corrected chi connectivity index (χ3v) is 2.86. The van der Waals surface area contributed by atoms with Crippen LogP contribution in [-0.2, 0) is 4.79 Å². The summed E-state index contributed by atoms with van der Waals surface area (Å²) in [6.07, 6.45) is 2.43. The van der Waals surface area contributed by atoms with E-state index in [2.05, 4.69) is 0 Å². The van der Waals surface area contributed by atoms with E-state index in [0.717, 1.165) is 17.9 Å². The molecule has 0 aromatic heterocycles. The lowest BCUT2D eigenvalue weighted by molar-refractivity contribution is -0.137. The van der Waals surface area contributed by atoms with E-state index < -0.39 is 12.0 Å². The predicted molar refractivity (Wildman–Crippen MR) is 63.8 cm³/mol. The van der Waals surface area contributed by atoms with Gasteiger partial charge in [0.15, 0.2) is 0 Å². The number of hydrogen-bond acceptors (Lipinski definition) is 3. The Bertz CT molecular complexity index is 401. The fourth-order valence-electron chi connectivity index (χ4n) is 1.64. The molecular formula is C13H17NO3. The van der Waals surface area contributed by atoms with Gasteiger partial charge in [-0.05, 0) is 36.5 Å². The van der Waals surface area contributed by atoms with Crippen LogP contribution >= 0.6 is 0 Å². The highest BCUT2D eigenvalue weighted by atomic mass is 16.5. The summed E-state index contributed by atoms with van der Waals surface area (Å²) < 4.78 is 5.62. The molecule has 1 aromatic rings. The van der Waals surface area contributed by atoms with Crippen LogP contribution < -0.4 is 10.5 Å². The van der Waals surface area contributed by atoms with Crippen LogP contribution in [0.2, 0.25) is 0 Å². The van der Waals surface area contributed by atoms with Gasteiger partial charge in [0.1, 0.15) is 5.75 Å². The molecule has 1 saturated carbocycles. The maximum Gasteiger partial charge on any atom is 0.305 e. The fourth-order valence-corrected chi connectivity index (χ4v) is 1.64. The number of carboxylic acid groups (broad SMARTS) is 1. The largest absolute Gasteiger partial charge is 0.493 e. The van der Waals surface area contributed by atoms with Crippen LogP contribution in [0.15, 0.2) is 24.3 Å². The van der Waals surface area contributed by atoms with Gasteiger partial charge in [0, 0.05) is 6.04 Å². The van der Waals surface area contributed by atoms with Gasteiger partial charge < -0.3 is 15.6 Å². The zero-order chi connectivity index (χ0) is 12.3. The standard InChI is InChI=1S/C13H17NO3/c14-12(7-13(15)16)10-2-1-3-11(6-10)17-8-9-4-5-9/h1-3,6,9,12H,4-5,7-8,14H2,(H,15,16). The van der Waals surface area contributed by atoms with Gasteiger partial charge in [0.25, 0.3) is 0 Å². The minimum absolute atomic E-state index is 0.0634. The van der Waals surface area contributed by atoms with E-state index in [1.54, 1.807) is 0 Å². The van der Waals surface area contributed by atoms with Crippen LogP contribution in [0.1, 0.15) is 30.9 Å². The Morgan fingerprint density at radius 1 is 1.53 bits per heavy atom. The average Bonchev–Trinajstić information content (AvgIpc) is 3.10. The summed E-state index contributed by atoms with van der Waals surface area (Å²) in [5.41, 5.74) is 6.60. The number of aliphatic carboxylic acids is 1. The summed E-state index contributed by atoms with van der Waals surface area (Å²) in [5, 5.41) is 8.69. The van der Waals surface area contributed by atoms with Crippen LogP contribution in [0, 0.1) is 5.92 Å². The third kappa shape index (κ3) is 3.75. The number of hydrogen-bond donors (Lipinski definition) is 2. The second kappa shape index (κ2) is 5.19. The van der Waals surface area contributed by atoms with Gasteiger partial charge >= 0.3 is 5.97 Å². The van der Waals surface area contributed by atoms with Crippen LogP contribution in [0.5, 0.6) is 5.75 Å². The van der Waals surface area contributed by atoms with Crippen LogP contribution in [-0.4, -0.2) is 17.7 Å². The molecule has 1 fully saturated rings. The molecule has 1 unspecified atom stereocenters. The Hall–Kier alpha value is -1.55. The van der Waals surface area contributed by atoms with Gasteiger partial charge in [-0.1, -0.05) is 12.1 Å². The molecule has 0 aliphatic heterocycles. The molecule has 4 nitrogen and oxygen atoms in total. The lowest BCUT2D eigenvalue weighted by Gasteiger charge is -2.11. The van der Waals surface area contributed by atoms with Crippen LogP contribution in [0.3, 0.4) is 0 Å². The summed E-state index contributed by atoms with van der Waals surface area (Å²) in [7, 11) is 0. The van der Waals surface area contributed by atoms with Gasteiger partial charge in [-0.25, -0.2) is 0 Å². The molecule has 17 heavy (non-hydrogen) atoms. The van der Waals surface area contributed by atoms with Crippen LogP contribution in [0.25, 0.3) is 0 Å². The number of ether oxygens (including phenoxy) is 1. The molecule has 1 aliphatic rings. The molecule has 0 radical (unpaired) electrons. The van der Waals surface area contributed by atoms with Gasteiger partial charge in [-0.3, -0.25) is 4.79 Å². The highest BCUT2D eigenvalue weighted by Gasteiger charge is 2.22. The van der Waals surface area contributed by atoms with Gasteiger partial charge in [0.05, 0.1) is 13.0 Å². The average molecular weight is 235 g/mol. The van der Waals surface area contributed by atoms with E-state index in [9.17, 15) is 4.79 Å². The number of benzene rings is 1. The summed E-state index contributed by atoms with van der Waals surface area (Å²) in [6, 6.07) is 6.91. The maximum absolute atomic E-state index is 10.6. The molecule has 1 atom stereocenters. The quantitative estimate of drug-likeness (QED) is 0.790. The van der Waals surface area contributed by atoms with E-state index in [-0.39, 0.29) is 6.42 Å². The minimum Gasteiger partial charge on any atom is -0.493 e. The molecule has 1 aliphatic carbocycles. The molecule has 92 valence electrons. The molecule has 3 N–H and O–H groups in total. The Morgan fingerprint density at radius 3 is 2.94 bits per heavy atom. The Kier molecular flexibility index (Phi) is 3.64. The van der Waals surface area contributed by atoms with E-state index >= 15 is 0 Å². The van der Waals surface area contributed by atoms with Crippen molar-refractivity contribution < 1.29 is 14.6 Å². The monoisotopic (exact) mass is 235 g/mol. The molecule has 1 aromatic carbocycles. The Balaban J connectivity index is 1.96. The molecule has 0 heterocycles. The molecule has 0 spiro atoms. The molecule has 4 heteroatoms.